The van der Waals surface area contributed by atoms with E-state index in [1.54, 1.807) is 25.4 Å². The largest absolute Gasteiger partial charge is 0.486 e. The molecule has 2 aromatic heterocycles. The number of ether oxygens (including phenoxy) is 1. The standard InChI is InChI=1S/C27H28N4O4/c1-27(2,18-8-6-5-7-9-18)19-10-12-20(13-11-19)34-17-21-14-15-23(35-21)25(32)29-22-16-31(4)30-24(22)26(33)28-3/h5-16H,17H2,1-4H3,(H,28,33)(H,29,32). The Bertz CT molecular complexity index is 1320. The van der Waals surface area contributed by atoms with Gasteiger partial charge in [0.05, 0.1) is 5.69 Å². The molecule has 0 bridgehead atoms. The van der Waals surface area contributed by atoms with E-state index in [1.807, 2.05) is 30.3 Å². The van der Waals surface area contributed by atoms with Crippen molar-refractivity contribution in [3.63, 3.8) is 0 Å². The van der Waals surface area contributed by atoms with Gasteiger partial charge in [0, 0.05) is 25.7 Å². The molecule has 2 N–H and O–H groups in total. The summed E-state index contributed by atoms with van der Waals surface area (Å²) in [5.74, 6) is 0.428. The second-order valence-electron chi connectivity index (χ2n) is 8.67. The van der Waals surface area contributed by atoms with E-state index >= 15 is 0 Å². The molecule has 4 aromatic rings. The van der Waals surface area contributed by atoms with Crippen LogP contribution in [-0.2, 0) is 19.1 Å². The van der Waals surface area contributed by atoms with E-state index < -0.39 is 11.8 Å². The predicted octanol–water partition coefficient (Wildman–Crippen LogP) is 4.53. The van der Waals surface area contributed by atoms with Crippen molar-refractivity contribution >= 4 is 17.5 Å². The summed E-state index contributed by atoms with van der Waals surface area (Å²) in [5.41, 5.74) is 2.71. The fourth-order valence-electron chi connectivity index (χ4n) is 3.77. The maximum absolute atomic E-state index is 12.6. The fourth-order valence-corrected chi connectivity index (χ4v) is 3.77. The Morgan fingerprint density at radius 3 is 2.34 bits per heavy atom. The lowest BCUT2D eigenvalue weighted by molar-refractivity contribution is 0.0958. The summed E-state index contributed by atoms with van der Waals surface area (Å²) < 4.78 is 12.9. The van der Waals surface area contributed by atoms with Crippen molar-refractivity contribution in [2.45, 2.75) is 25.9 Å². The van der Waals surface area contributed by atoms with Crippen molar-refractivity contribution in [2.24, 2.45) is 7.05 Å². The van der Waals surface area contributed by atoms with Crippen molar-refractivity contribution in [3.05, 3.63) is 101 Å². The van der Waals surface area contributed by atoms with Crippen LogP contribution in [0, 0.1) is 0 Å². The van der Waals surface area contributed by atoms with E-state index in [-0.39, 0.29) is 23.5 Å². The minimum atomic E-state index is -0.484. The van der Waals surface area contributed by atoms with Gasteiger partial charge in [-0.3, -0.25) is 14.3 Å². The number of benzene rings is 2. The summed E-state index contributed by atoms with van der Waals surface area (Å²) >= 11 is 0. The molecule has 0 spiro atoms. The van der Waals surface area contributed by atoms with E-state index in [0.29, 0.717) is 17.2 Å². The molecule has 8 nitrogen and oxygen atoms in total. The number of furan rings is 1. The number of nitrogens with zero attached hydrogens (tertiary/aromatic N) is 2. The molecule has 0 aliphatic rings. The average Bonchev–Trinajstić information content (AvgIpc) is 3.49. The van der Waals surface area contributed by atoms with Crippen LogP contribution in [0.15, 0.2) is 77.3 Å². The highest BCUT2D eigenvalue weighted by atomic mass is 16.5. The van der Waals surface area contributed by atoms with Gasteiger partial charge in [-0.05, 0) is 35.4 Å². The molecule has 8 heteroatoms. The van der Waals surface area contributed by atoms with Gasteiger partial charge >= 0.3 is 0 Å². The molecule has 2 heterocycles. The SMILES string of the molecule is CNC(=O)c1nn(C)cc1NC(=O)c1ccc(COc2ccc(C(C)(C)c3ccccc3)cc2)o1. The summed E-state index contributed by atoms with van der Waals surface area (Å²) in [6.45, 7) is 4.55. The molecule has 4 rings (SSSR count). The Hall–Kier alpha value is -4.33. The Morgan fingerprint density at radius 1 is 0.971 bits per heavy atom. The number of anilines is 1. The lowest BCUT2D eigenvalue weighted by atomic mass is 9.78. The highest BCUT2D eigenvalue weighted by Gasteiger charge is 2.23. The lowest BCUT2D eigenvalue weighted by Crippen LogP contribution is -2.21. The fraction of sp³-hybridized carbons (Fsp3) is 0.222. The zero-order valence-electron chi connectivity index (χ0n) is 20.2. The second-order valence-corrected chi connectivity index (χ2v) is 8.67. The normalized spacial score (nSPS) is 11.2. The van der Waals surface area contributed by atoms with Crippen molar-refractivity contribution in [1.29, 1.82) is 0 Å². The first kappa shape index (κ1) is 23.8. The first-order valence-corrected chi connectivity index (χ1v) is 11.2. The summed E-state index contributed by atoms with van der Waals surface area (Å²) in [7, 11) is 3.17. The first-order valence-electron chi connectivity index (χ1n) is 11.2. The highest BCUT2D eigenvalue weighted by Crippen LogP contribution is 2.32. The van der Waals surface area contributed by atoms with Gasteiger partial charge in [0.15, 0.2) is 11.5 Å². The van der Waals surface area contributed by atoms with Crippen LogP contribution in [0.25, 0.3) is 0 Å². The number of amides is 2. The van der Waals surface area contributed by atoms with E-state index in [0.717, 1.165) is 0 Å². The molecule has 0 aliphatic carbocycles. The number of nitrogens with one attached hydrogen (secondary N) is 2. The molecule has 0 fully saturated rings. The third-order valence-electron chi connectivity index (χ3n) is 5.86. The Morgan fingerprint density at radius 2 is 1.66 bits per heavy atom. The molecular weight excluding hydrogens is 444 g/mol. The summed E-state index contributed by atoms with van der Waals surface area (Å²) in [4.78, 5) is 24.6. The molecule has 0 aliphatic heterocycles. The smallest absolute Gasteiger partial charge is 0.291 e. The molecule has 180 valence electrons. The number of aryl methyl sites for hydroxylation is 1. The molecule has 2 aromatic carbocycles. The Balaban J connectivity index is 1.38. The molecule has 35 heavy (non-hydrogen) atoms. The van der Waals surface area contributed by atoms with Crippen LogP contribution in [0.4, 0.5) is 5.69 Å². The molecular formula is C27H28N4O4. The summed E-state index contributed by atoms with van der Waals surface area (Å²) in [6.07, 6.45) is 1.55. The highest BCUT2D eigenvalue weighted by molar-refractivity contribution is 6.06. The molecule has 0 saturated carbocycles. The third kappa shape index (κ3) is 5.27. The van der Waals surface area contributed by atoms with Gasteiger partial charge in [-0.25, -0.2) is 0 Å². The number of hydrogen-bond donors (Lipinski definition) is 2. The number of aromatic nitrogens is 2. The van der Waals surface area contributed by atoms with Gasteiger partial charge < -0.3 is 19.8 Å². The molecule has 0 atom stereocenters. The van der Waals surface area contributed by atoms with Crippen LogP contribution in [0.5, 0.6) is 5.75 Å². The summed E-state index contributed by atoms with van der Waals surface area (Å²) in [6, 6.07) is 21.6. The molecule has 2 amide bonds. The Labute approximate surface area is 203 Å². The van der Waals surface area contributed by atoms with E-state index in [9.17, 15) is 9.59 Å². The van der Waals surface area contributed by atoms with Gasteiger partial charge in [0.1, 0.15) is 18.1 Å². The van der Waals surface area contributed by atoms with Gasteiger partial charge in [-0.1, -0.05) is 56.3 Å². The van der Waals surface area contributed by atoms with E-state index in [2.05, 4.69) is 53.8 Å². The maximum Gasteiger partial charge on any atom is 0.291 e. The quantitative estimate of drug-likeness (QED) is 0.393. The average molecular weight is 473 g/mol. The lowest BCUT2D eigenvalue weighted by Gasteiger charge is -2.26. The molecule has 0 radical (unpaired) electrons. The minimum absolute atomic E-state index is 0.107. The van der Waals surface area contributed by atoms with Crippen molar-refractivity contribution < 1.29 is 18.7 Å². The van der Waals surface area contributed by atoms with Crippen molar-refractivity contribution in [3.8, 4) is 5.75 Å². The van der Waals surface area contributed by atoms with E-state index in [4.69, 9.17) is 9.15 Å². The monoisotopic (exact) mass is 472 g/mol. The Kier molecular flexibility index (Phi) is 6.73. The van der Waals surface area contributed by atoms with Crippen LogP contribution >= 0.6 is 0 Å². The number of rotatable bonds is 8. The van der Waals surface area contributed by atoms with E-state index in [1.165, 1.54) is 22.9 Å². The predicted molar refractivity (Wildman–Crippen MR) is 133 cm³/mol. The number of carbonyl (C=O) groups is 2. The maximum atomic E-state index is 12.6. The molecule has 0 unspecified atom stereocenters. The van der Waals surface area contributed by atoms with Gasteiger partial charge in [-0.15, -0.1) is 0 Å². The summed E-state index contributed by atoms with van der Waals surface area (Å²) in [5, 5.41) is 9.24. The van der Waals surface area contributed by atoms with Crippen LogP contribution in [0.1, 0.15) is 51.8 Å². The van der Waals surface area contributed by atoms with Gasteiger partial charge in [0.25, 0.3) is 11.8 Å². The third-order valence-corrected chi connectivity index (χ3v) is 5.86. The molecule has 0 saturated heterocycles. The topological polar surface area (TPSA) is 98.4 Å². The number of hydrogen-bond acceptors (Lipinski definition) is 5. The number of carbonyl (C=O) groups excluding carboxylic acids is 2. The van der Waals surface area contributed by atoms with Crippen LogP contribution in [-0.4, -0.2) is 28.6 Å². The van der Waals surface area contributed by atoms with Crippen LogP contribution in [0.2, 0.25) is 0 Å². The van der Waals surface area contributed by atoms with Crippen LogP contribution < -0.4 is 15.4 Å². The second kappa shape index (κ2) is 9.89. The van der Waals surface area contributed by atoms with Gasteiger partial charge in [0.2, 0.25) is 0 Å². The minimum Gasteiger partial charge on any atom is -0.486 e. The van der Waals surface area contributed by atoms with Crippen LogP contribution in [0.3, 0.4) is 0 Å². The first-order chi connectivity index (χ1) is 16.8. The zero-order valence-corrected chi connectivity index (χ0v) is 20.2. The zero-order chi connectivity index (χ0) is 25.0. The van der Waals surface area contributed by atoms with Crippen molar-refractivity contribution in [1.82, 2.24) is 15.1 Å². The van der Waals surface area contributed by atoms with Gasteiger partial charge in [-0.2, -0.15) is 5.10 Å². The van der Waals surface area contributed by atoms with Crippen molar-refractivity contribution in [2.75, 3.05) is 12.4 Å².